The predicted molar refractivity (Wildman–Crippen MR) is 136 cm³/mol. The molecule has 9 atom stereocenters. The SMILES string of the molecule is C=C(C)[C@@H]1CC[C@]2(C(N)=O)CC[C@]3(C)[C@H](CC[C@@H]4[C@@]5(C)CCCNC(C)(C)[C@@H]5CC[C@]43C)[C@@H]12. The van der Waals surface area contributed by atoms with Gasteiger partial charge in [-0.25, -0.2) is 0 Å². The van der Waals surface area contributed by atoms with Gasteiger partial charge in [0.1, 0.15) is 0 Å². The van der Waals surface area contributed by atoms with Gasteiger partial charge in [-0.15, -0.1) is 0 Å². The van der Waals surface area contributed by atoms with Crippen LogP contribution >= 0.6 is 0 Å². The molecule has 0 aromatic heterocycles. The smallest absolute Gasteiger partial charge is 0.223 e. The highest BCUT2D eigenvalue weighted by Crippen LogP contribution is 2.76. The van der Waals surface area contributed by atoms with Crippen LogP contribution in [0.1, 0.15) is 106 Å². The van der Waals surface area contributed by atoms with Gasteiger partial charge in [-0.2, -0.15) is 0 Å². The second kappa shape index (κ2) is 7.34. The summed E-state index contributed by atoms with van der Waals surface area (Å²) in [6, 6.07) is 0. The summed E-state index contributed by atoms with van der Waals surface area (Å²) < 4.78 is 0. The van der Waals surface area contributed by atoms with Crippen LogP contribution in [0.2, 0.25) is 0 Å². The third-order valence-electron chi connectivity index (χ3n) is 13.2. The second-order valence-electron chi connectivity index (χ2n) is 14.5. The van der Waals surface area contributed by atoms with Crippen molar-refractivity contribution in [2.45, 2.75) is 111 Å². The maximum atomic E-state index is 13.0. The Labute approximate surface area is 203 Å². The minimum atomic E-state index is -0.285. The molecule has 1 saturated heterocycles. The van der Waals surface area contributed by atoms with Gasteiger partial charge in [0, 0.05) is 5.54 Å². The summed E-state index contributed by atoms with van der Waals surface area (Å²) in [5.74, 6) is 2.97. The van der Waals surface area contributed by atoms with Crippen molar-refractivity contribution < 1.29 is 4.79 Å². The molecule has 0 aromatic rings. The molecule has 3 N–H and O–H groups in total. The number of amides is 1. The van der Waals surface area contributed by atoms with Crippen LogP contribution in [0.3, 0.4) is 0 Å². The molecule has 3 nitrogen and oxygen atoms in total. The molecular weight excluding hydrogens is 404 g/mol. The van der Waals surface area contributed by atoms with E-state index in [9.17, 15) is 4.79 Å². The molecule has 3 heteroatoms. The number of carbonyl (C=O) groups excluding carboxylic acids is 1. The Balaban J connectivity index is 1.57. The lowest BCUT2D eigenvalue weighted by Gasteiger charge is -2.71. The van der Waals surface area contributed by atoms with E-state index in [2.05, 4.69) is 53.4 Å². The Morgan fingerprint density at radius 2 is 1.61 bits per heavy atom. The molecule has 1 amide bonds. The van der Waals surface area contributed by atoms with Crippen LogP contribution in [0.5, 0.6) is 0 Å². The van der Waals surface area contributed by atoms with Gasteiger partial charge in [-0.05, 0) is 137 Å². The zero-order valence-corrected chi connectivity index (χ0v) is 22.4. The summed E-state index contributed by atoms with van der Waals surface area (Å²) in [5.41, 5.74) is 8.46. The minimum Gasteiger partial charge on any atom is -0.369 e. The average Bonchev–Trinajstić information content (AvgIpc) is 3.08. The Hall–Kier alpha value is -0.830. The maximum absolute atomic E-state index is 13.0. The zero-order valence-electron chi connectivity index (χ0n) is 22.4. The van der Waals surface area contributed by atoms with Crippen LogP contribution in [-0.4, -0.2) is 18.0 Å². The van der Waals surface area contributed by atoms with Crippen molar-refractivity contribution in [2.75, 3.05) is 6.54 Å². The van der Waals surface area contributed by atoms with Gasteiger partial charge >= 0.3 is 0 Å². The van der Waals surface area contributed by atoms with Gasteiger partial charge in [0.25, 0.3) is 0 Å². The van der Waals surface area contributed by atoms with Crippen LogP contribution in [0.15, 0.2) is 12.2 Å². The fraction of sp³-hybridized carbons (Fsp3) is 0.900. The van der Waals surface area contributed by atoms with Gasteiger partial charge < -0.3 is 11.1 Å². The molecule has 186 valence electrons. The predicted octanol–water partition coefficient (Wildman–Crippen LogP) is 6.47. The molecule has 0 spiro atoms. The molecular formula is C30H50N2O. The van der Waals surface area contributed by atoms with Crippen LogP contribution in [0, 0.1) is 51.2 Å². The van der Waals surface area contributed by atoms with Crippen molar-refractivity contribution in [1.82, 2.24) is 5.32 Å². The summed E-state index contributed by atoms with van der Waals surface area (Å²) in [6.45, 7) is 20.7. The Kier molecular flexibility index (Phi) is 5.31. The first-order valence-corrected chi connectivity index (χ1v) is 14.0. The van der Waals surface area contributed by atoms with Crippen LogP contribution in [-0.2, 0) is 4.79 Å². The van der Waals surface area contributed by atoms with Gasteiger partial charge in [0.05, 0.1) is 5.41 Å². The first-order chi connectivity index (χ1) is 15.3. The molecule has 1 aliphatic heterocycles. The van der Waals surface area contributed by atoms with E-state index in [4.69, 9.17) is 5.73 Å². The van der Waals surface area contributed by atoms with Crippen molar-refractivity contribution in [3.8, 4) is 0 Å². The Morgan fingerprint density at radius 3 is 2.27 bits per heavy atom. The molecule has 5 aliphatic rings. The number of allylic oxidation sites excluding steroid dienone is 1. The lowest BCUT2D eigenvalue weighted by atomic mass is 9.33. The molecule has 5 fully saturated rings. The molecule has 0 bridgehead atoms. The Morgan fingerprint density at radius 1 is 0.879 bits per heavy atom. The number of nitrogens with one attached hydrogen (secondary N) is 1. The molecule has 1 heterocycles. The monoisotopic (exact) mass is 454 g/mol. The number of primary amides is 1. The van der Waals surface area contributed by atoms with Crippen molar-refractivity contribution in [3.05, 3.63) is 12.2 Å². The lowest BCUT2D eigenvalue weighted by molar-refractivity contribution is -0.222. The lowest BCUT2D eigenvalue weighted by Crippen LogP contribution is -2.66. The molecule has 0 radical (unpaired) electrons. The quantitative estimate of drug-likeness (QED) is 0.470. The minimum absolute atomic E-state index is 0.0159. The van der Waals surface area contributed by atoms with E-state index >= 15 is 0 Å². The highest BCUT2D eigenvalue weighted by atomic mass is 16.1. The molecule has 0 unspecified atom stereocenters. The number of carbonyl (C=O) groups is 1. The zero-order chi connectivity index (χ0) is 24.0. The summed E-state index contributed by atoms with van der Waals surface area (Å²) >= 11 is 0. The summed E-state index contributed by atoms with van der Waals surface area (Å²) in [6.07, 6.45) is 12.2. The van der Waals surface area contributed by atoms with Crippen molar-refractivity contribution in [1.29, 1.82) is 0 Å². The first kappa shape index (κ1) is 23.9. The van der Waals surface area contributed by atoms with Crippen molar-refractivity contribution in [3.63, 3.8) is 0 Å². The molecule has 4 saturated carbocycles. The van der Waals surface area contributed by atoms with Gasteiger partial charge in [-0.1, -0.05) is 32.9 Å². The first-order valence-electron chi connectivity index (χ1n) is 14.0. The highest BCUT2D eigenvalue weighted by Gasteiger charge is 2.71. The largest absolute Gasteiger partial charge is 0.369 e. The van der Waals surface area contributed by atoms with E-state index in [1.807, 2.05) is 0 Å². The number of fused-ring (bicyclic) bond motifs is 7. The molecule has 33 heavy (non-hydrogen) atoms. The van der Waals surface area contributed by atoms with Crippen molar-refractivity contribution >= 4 is 5.91 Å². The van der Waals surface area contributed by atoms with E-state index in [0.717, 1.165) is 37.6 Å². The number of nitrogens with two attached hydrogens (primary N) is 1. The van der Waals surface area contributed by atoms with Crippen molar-refractivity contribution in [2.24, 2.45) is 57.0 Å². The van der Waals surface area contributed by atoms with E-state index in [-0.39, 0.29) is 22.3 Å². The number of rotatable bonds is 2. The molecule has 5 rings (SSSR count). The van der Waals surface area contributed by atoms with Crippen LogP contribution < -0.4 is 11.1 Å². The van der Waals surface area contributed by atoms with E-state index < -0.39 is 0 Å². The summed E-state index contributed by atoms with van der Waals surface area (Å²) in [4.78, 5) is 13.0. The van der Waals surface area contributed by atoms with E-state index in [0.29, 0.717) is 28.6 Å². The normalized spacial score (nSPS) is 53.1. The number of hydrogen-bond acceptors (Lipinski definition) is 2. The summed E-state index contributed by atoms with van der Waals surface area (Å²) in [5, 5.41) is 3.92. The van der Waals surface area contributed by atoms with Gasteiger partial charge in [0.15, 0.2) is 0 Å². The summed E-state index contributed by atoms with van der Waals surface area (Å²) in [7, 11) is 0. The average molecular weight is 455 g/mol. The fourth-order valence-electron chi connectivity index (χ4n) is 11.5. The van der Waals surface area contributed by atoms with Gasteiger partial charge in [-0.3, -0.25) is 4.79 Å². The third kappa shape index (κ3) is 2.93. The highest BCUT2D eigenvalue weighted by molar-refractivity contribution is 5.82. The third-order valence-corrected chi connectivity index (χ3v) is 13.2. The fourth-order valence-corrected chi connectivity index (χ4v) is 11.5. The van der Waals surface area contributed by atoms with Crippen LogP contribution in [0.4, 0.5) is 0 Å². The van der Waals surface area contributed by atoms with E-state index in [1.54, 1.807) is 0 Å². The van der Waals surface area contributed by atoms with Crippen LogP contribution in [0.25, 0.3) is 0 Å². The van der Waals surface area contributed by atoms with Gasteiger partial charge in [0.2, 0.25) is 5.91 Å². The Bertz CT molecular complexity index is 848. The standard InChI is InChI=1S/C30H50N2O/c1-19(2)20-11-15-30(25(31)33)17-16-28(6)21(24(20)30)9-10-23-27(5)13-8-18-32-26(3,4)22(27)12-14-29(23,28)7/h20-24,32H,1,8-18H2,2-7H3,(H2,31,33)/t20-,21+,22-,23+,24+,27-,28+,29+,30-/m0/s1. The van der Waals surface area contributed by atoms with E-state index in [1.165, 1.54) is 50.5 Å². The molecule has 4 aliphatic carbocycles. The number of hydrogen-bond donors (Lipinski definition) is 2. The topological polar surface area (TPSA) is 55.1 Å². The molecule has 0 aromatic carbocycles. The maximum Gasteiger partial charge on any atom is 0.223 e. The second-order valence-corrected chi connectivity index (χ2v) is 14.5.